The van der Waals surface area contributed by atoms with E-state index in [-0.39, 0.29) is 34.8 Å². The van der Waals surface area contributed by atoms with Crippen LogP contribution in [0.3, 0.4) is 0 Å². The van der Waals surface area contributed by atoms with Crippen LogP contribution in [-0.2, 0) is 16.4 Å². The molecule has 2 atom stereocenters. The van der Waals surface area contributed by atoms with E-state index in [1.54, 1.807) is 6.92 Å². The van der Waals surface area contributed by atoms with Gasteiger partial charge in [0.2, 0.25) is 11.9 Å². The van der Waals surface area contributed by atoms with Crippen LogP contribution in [0.2, 0.25) is 0 Å². The Bertz CT molecular complexity index is 1780. The minimum absolute atomic E-state index is 0.0290. The van der Waals surface area contributed by atoms with Crippen LogP contribution < -0.4 is 5.32 Å². The van der Waals surface area contributed by atoms with Gasteiger partial charge in [0.1, 0.15) is 0 Å². The maximum Gasteiger partial charge on any atom is 0.417 e. The van der Waals surface area contributed by atoms with Gasteiger partial charge < -0.3 is 5.32 Å². The molecule has 0 saturated carbocycles. The predicted molar refractivity (Wildman–Crippen MR) is 131 cm³/mol. The predicted octanol–water partition coefficient (Wildman–Crippen LogP) is 5.37. The molecule has 1 N–H and O–H groups in total. The van der Waals surface area contributed by atoms with E-state index in [2.05, 4.69) is 30.5 Å². The minimum Gasteiger partial charge on any atom is -0.326 e. The molecule has 15 heteroatoms. The maximum absolute atomic E-state index is 14.1. The Kier molecular flexibility index (Phi) is 6.04. The molecule has 0 aliphatic heterocycles. The third-order valence-corrected chi connectivity index (χ3v) is 7.08. The largest absolute Gasteiger partial charge is 0.417 e. The summed E-state index contributed by atoms with van der Waals surface area (Å²) in [6.07, 6.45) is 0.246. The summed E-state index contributed by atoms with van der Waals surface area (Å²) in [5.41, 5.74) is -1.76. The standard InChI is InChI=1S/C26H18F6N8O/c1-25(18-5-8-39(37-18)24(28)29)11-15(16-12-35-20-10-19(27)38-40(20)21(16)25)23(41)36-13-3-4-14(17(9-13)26(30,31)32)22-33-6-2-7-34-22/h2-10,12,15,24H,11H2,1H3,(H,36,41)/t15-,25-/m0/s1. The normalized spacial score (nSPS) is 18.7. The second kappa shape index (κ2) is 9.38. The number of halogens is 6. The highest BCUT2D eigenvalue weighted by atomic mass is 19.4. The average molecular weight is 572 g/mol. The van der Waals surface area contributed by atoms with E-state index < -0.39 is 41.5 Å². The van der Waals surface area contributed by atoms with E-state index in [1.807, 2.05) is 0 Å². The van der Waals surface area contributed by atoms with Crippen LogP contribution in [0.4, 0.5) is 32.0 Å². The van der Waals surface area contributed by atoms with Crippen molar-refractivity contribution in [3.63, 3.8) is 0 Å². The number of rotatable bonds is 5. The fourth-order valence-corrected chi connectivity index (χ4v) is 5.26. The van der Waals surface area contributed by atoms with E-state index in [9.17, 15) is 31.1 Å². The summed E-state index contributed by atoms with van der Waals surface area (Å²) >= 11 is 0. The molecule has 5 aromatic rings. The number of amides is 1. The Labute approximate surface area is 226 Å². The summed E-state index contributed by atoms with van der Waals surface area (Å²) < 4.78 is 84.3. The van der Waals surface area contributed by atoms with Crippen molar-refractivity contribution in [2.24, 2.45) is 0 Å². The Morgan fingerprint density at radius 1 is 1.10 bits per heavy atom. The molecular formula is C26H18F6N8O. The van der Waals surface area contributed by atoms with Gasteiger partial charge in [-0.2, -0.15) is 31.4 Å². The molecule has 210 valence electrons. The van der Waals surface area contributed by atoms with Gasteiger partial charge in [0.05, 0.1) is 28.3 Å². The Morgan fingerprint density at radius 2 is 1.85 bits per heavy atom. The van der Waals surface area contributed by atoms with Crippen molar-refractivity contribution in [2.75, 3.05) is 5.32 Å². The molecular weight excluding hydrogens is 554 g/mol. The molecule has 0 radical (unpaired) electrons. The molecule has 41 heavy (non-hydrogen) atoms. The summed E-state index contributed by atoms with van der Waals surface area (Å²) in [6.45, 7) is -1.27. The fourth-order valence-electron chi connectivity index (χ4n) is 5.26. The summed E-state index contributed by atoms with van der Waals surface area (Å²) in [7, 11) is 0. The van der Waals surface area contributed by atoms with Gasteiger partial charge in [-0.25, -0.2) is 24.1 Å². The number of hydrogen-bond acceptors (Lipinski definition) is 6. The van der Waals surface area contributed by atoms with Crippen LogP contribution in [0, 0.1) is 5.95 Å². The molecule has 9 nitrogen and oxygen atoms in total. The lowest BCUT2D eigenvalue weighted by Gasteiger charge is -2.23. The molecule has 0 fully saturated rings. The van der Waals surface area contributed by atoms with E-state index in [1.165, 1.54) is 41.3 Å². The number of carbonyl (C=O) groups is 1. The first-order valence-electron chi connectivity index (χ1n) is 12.1. The molecule has 1 aliphatic carbocycles. The van der Waals surface area contributed by atoms with Crippen LogP contribution in [0.25, 0.3) is 17.0 Å². The topological polar surface area (TPSA) is 103 Å². The summed E-state index contributed by atoms with van der Waals surface area (Å²) in [5.74, 6) is -2.68. The number of nitrogens with one attached hydrogen (secondary N) is 1. The number of carbonyl (C=O) groups excluding carboxylic acids is 1. The summed E-state index contributed by atoms with van der Waals surface area (Å²) in [5, 5.41) is 10.3. The highest BCUT2D eigenvalue weighted by molar-refractivity contribution is 5.97. The highest BCUT2D eigenvalue weighted by Gasteiger charge is 2.48. The van der Waals surface area contributed by atoms with Gasteiger partial charge >= 0.3 is 12.7 Å². The lowest BCUT2D eigenvalue weighted by atomic mass is 9.82. The van der Waals surface area contributed by atoms with Crippen molar-refractivity contribution in [1.82, 2.24) is 34.3 Å². The molecule has 4 heterocycles. The van der Waals surface area contributed by atoms with Crippen LogP contribution >= 0.6 is 0 Å². The number of fused-ring (bicyclic) bond motifs is 3. The van der Waals surface area contributed by atoms with Crippen LogP contribution in [-0.4, -0.2) is 40.3 Å². The smallest absolute Gasteiger partial charge is 0.326 e. The third kappa shape index (κ3) is 4.46. The monoisotopic (exact) mass is 572 g/mol. The molecule has 1 aliphatic rings. The fraction of sp³-hybridized carbons (Fsp3) is 0.231. The Morgan fingerprint density at radius 3 is 2.54 bits per heavy atom. The maximum atomic E-state index is 14.1. The first kappa shape index (κ1) is 26.4. The third-order valence-electron chi connectivity index (χ3n) is 7.08. The molecule has 0 spiro atoms. The van der Waals surface area contributed by atoms with Crippen molar-refractivity contribution in [1.29, 1.82) is 0 Å². The van der Waals surface area contributed by atoms with E-state index in [0.29, 0.717) is 15.9 Å². The molecule has 0 bridgehead atoms. The molecule has 0 unspecified atom stereocenters. The minimum atomic E-state index is -4.78. The molecule has 0 saturated heterocycles. The van der Waals surface area contributed by atoms with Crippen LogP contribution in [0.15, 0.2) is 61.2 Å². The van der Waals surface area contributed by atoms with Gasteiger partial charge in [0.15, 0.2) is 11.5 Å². The second-order valence-electron chi connectivity index (χ2n) is 9.67. The summed E-state index contributed by atoms with van der Waals surface area (Å²) in [6, 6.07) is 7.15. The van der Waals surface area contributed by atoms with Gasteiger partial charge in [-0.05, 0) is 43.7 Å². The van der Waals surface area contributed by atoms with Crippen molar-refractivity contribution in [3.05, 3.63) is 89.6 Å². The first-order valence-corrected chi connectivity index (χ1v) is 12.1. The van der Waals surface area contributed by atoms with Gasteiger partial charge in [-0.15, -0.1) is 5.10 Å². The number of aromatic nitrogens is 7. The lowest BCUT2D eigenvalue weighted by Crippen LogP contribution is -2.26. The lowest BCUT2D eigenvalue weighted by molar-refractivity contribution is -0.137. The zero-order valence-corrected chi connectivity index (χ0v) is 20.9. The van der Waals surface area contributed by atoms with E-state index in [0.717, 1.165) is 24.4 Å². The van der Waals surface area contributed by atoms with Crippen LogP contribution in [0.1, 0.15) is 48.3 Å². The molecule has 6 rings (SSSR count). The number of alkyl halides is 5. The SMILES string of the molecule is C[C@@]1(c2ccn(C(F)F)n2)C[C@H](C(=O)Nc2ccc(-c3ncccn3)c(C(F)(F)F)c2)c2cnc3cc(F)nn3c21. The van der Waals surface area contributed by atoms with Crippen molar-refractivity contribution in [2.45, 2.75) is 37.4 Å². The molecule has 1 amide bonds. The molecule has 4 aromatic heterocycles. The average Bonchev–Trinajstić information content (AvgIpc) is 3.64. The number of nitrogens with zero attached hydrogens (tertiary/aromatic N) is 7. The van der Waals surface area contributed by atoms with Gasteiger partial charge in [0, 0.05) is 47.7 Å². The number of hydrogen-bond donors (Lipinski definition) is 1. The highest BCUT2D eigenvalue weighted by Crippen LogP contribution is 2.49. The first-order chi connectivity index (χ1) is 19.5. The zero-order chi connectivity index (χ0) is 29.1. The van der Waals surface area contributed by atoms with Gasteiger partial charge in [0.25, 0.3) is 0 Å². The van der Waals surface area contributed by atoms with Gasteiger partial charge in [-0.1, -0.05) is 0 Å². The van der Waals surface area contributed by atoms with Crippen molar-refractivity contribution < 1.29 is 31.1 Å². The Hall–Kier alpha value is -4.82. The van der Waals surface area contributed by atoms with E-state index in [4.69, 9.17) is 0 Å². The zero-order valence-electron chi connectivity index (χ0n) is 20.9. The second-order valence-corrected chi connectivity index (χ2v) is 9.67. The number of anilines is 1. The van der Waals surface area contributed by atoms with E-state index >= 15 is 0 Å². The number of benzene rings is 1. The molecule has 1 aromatic carbocycles. The van der Waals surface area contributed by atoms with Crippen molar-refractivity contribution in [3.8, 4) is 11.4 Å². The quantitative estimate of drug-likeness (QED) is 0.284. The van der Waals surface area contributed by atoms with Gasteiger partial charge in [-0.3, -0.25) is 4.79 Å². The van der Waals surface area contributed by atoms with Crippen molar-refractivity contribution >= 4 is 17.2 Å². The van der Waals surface area contributed by atoms with Crippen LogP contribution in [0.5, 0.6) is 0 Å². The Balaban J connectivity index is 1.40. The summed E-state index contributed by atoms with van der Waals surface area (Å²) in [4.78, 5) is 25.5.